The number of fused-ring (bicyclic) bond motifs is 1. The molecule has 0 aliphatic carbocycles. The molecule has 1 atom stereocenters. The Morgan fingerprint density at radius 2 is 2.12 bits per heavy atom. The molecule has 1 N–H and O–H groups in total. The van der Waals surface area contributed by atoms with Gasteiger partial charge in [0.2, 0.25) is 0 Å². The maximum absolute atomic E-state index is 13.1. The van der Waals surface area contributed by atoms with Gasteiger partial charge in [0.25, 0.3) is 5.91 Å². The van der Waals surface area contributed by atoms with Crippen molar-refractivity contribution in [1.82, 2.24) is 34.8 Å². The minimum absolute atomic E-state index is 0.0918. The first-order valence-electron chi connectivity index (χ1n) is 7.63. The number of halogens is 3. The third-order valence-electron chi connectivity index (χ3n) is 4.15. The van der Waals surface area contributed by atoms with Gasteiger partial charge < -0.3 is 14.4 Å². The zero-order valence-electron chi connectivity index (χ0n) is 14.0. The lowest BCUT2D eigenvalue weighted by Crippen LogP contribution is -2.51. The maximum atomic E-state index is 13.1. The summed E-state index contributed by atoms with van der Waals surface area (Å²) in [6, 6.07) is -0.311. The van der Waals surface area contributed by atoms with Gasteiger partial charge in [-0.05, 0) is 21.0 Å². The molecule has 0 radical (unpaired) electrons. The van der Waals surface area contributed by atoms with Crippen molar-refractivity contribution in [3.63, 3.8) is 0 Å². The fourth-order valence-corrected chi connectivity index (χ4v) is 2.99. The van der Waals surface area contributed by atoms with Crippen molar-refractivity contribution in [3.05, 3.63) is 29.1 Å². The van der Waals surface area contributed by atoms with Crippen LogP contribution in [0.15, 0.2) is 6.20 Å². The summed E-state index contributed by atoms with van der Waals surface area (Å²) < 4.78 is 41.2. The van der Waals surface area contributed by atoms with Crippen LogP contribution in [0.4, 0.5) is 13.2 Å². The SMILES string of the molecule is Cc1nnc2n1CC(CN(C)C)N(C(=O)c1[nH]ncc1C(F)(F)F)C2. The highest BCUT2D eigenvalue weighted by molar-refractivity contribution is 5.94. The molecule has 2 aromatic rings. The average molecular weight is 357 g/mol. The molecule has 0 spiro atoms. The molecule has 0 saturated carbocycles. The number of likely N-dealkylation sites (N-methyl/N-ethyl adjacent to an activating group) is 1. The molecule has 1 unspecified atom stereocenters. The number of nitrogens with one attached hydrogen (secondary N) is 1. The number of aromatic amines is 1. The first-order chi connectivity index (χ1) is 11.7. The topological polar surface area (TPSA) is 82.9 Å². The van der Waals surface area contributed by atoms with Crippen LogP contribution in [0.25, 0.3) is 0 Å². The smallest absolute Gasteiger partial charge is 0.324 e. The van der Waals surface area contributed by atoms with Crippen molar-refractivity contribution in [2.45, 2.75) is 32.2 Å². The minimum Gasteiger partial charge on any atom is -0.324 e. The Bertz CT molecular complexity index is 780. The monoisotopic (exact) mass is 357 g/mol. The standard InChI is InChI=1S/C14H18F3N7O/c1-8-19-20-11-7-24(9(5-22(2)3)6-23(8)11)13(25)12-10(4-18-21-12)14(15,16)17/h4,9H,5-7H2,1-3H3,(H,18,21). The van der Waals surface area contributed by atoms with Crippen LogP contribution in [0.1, 0.15) is 27.7 Å². The molecule has 11 heteroatoms. The average Bonchev–Trinajstić information content (AvgIpc) is 3.13. The van der Waals surface area contributed by atoms with Gasteiger partial charge in [0.05, 0.1) is 18.8 Å². The molecule has 3 heterocycles. The molecule has 0 bridgehead atoms. The first kappa shape index (κ1) is 17.4. The Morgan fingerprint density at radius 1 is 1.40 bits per heavy atom. The van der Waals surface area contributed by atoms with Crippen LogP contribution in [0.2, 0.25) is 0 Å². The molecule has 136 valence electrons. The van der Waals surface area contributed by atoms with Gasteiger partial charge in [-0.2, -0.15) is 18.3 Å². The summed E-state index contributed by atoms with van der Waals surface area (Å²) in [6.45, 7) is 2.82. The molecule has 1 amide bonds. The molecule has 0 saturated heterocycles. The number of aromatic nitrogens is 5. The van der Waals surface area contributed by atoms with Gasteiger partial charge >= 0.3 is 6.18 Å². The van der Waals surface area contributed by atoms with Gasteiger partial charge in [-0.25, -0.2) is 0 Å². The summed E-state index contributed by atoms with van der Waals surface area (Å²) in [6.07, 6.45) is -4.02. The summed E-state index contributed by atoms with van der Waals surface area (Å²) in [5.41, 5.74) is -1.62. The molecule has 0 fully saturated rings. The summed E-state index contributed by atoms with van der Waals surface area (Å²) in [4.78, 5) is 16.1. The van der Waals surface area contributed by atoms with E-state index >= 15 is 0 Å². The van der Waals surface area contributed by atoms with Gasteiger partial charge in [-0.15, -0.1) is 10.2 Å². The second-order valence-corrected chi connectivity index (χ2v) is 6.28. The fourth-order valence-electron chi connectivity index (χ4n) is 2.99. The third-order valence-corrected chi connectivity index (χ3v) is 4.15. The number of H-pyrrole nitrogens is 1. The van der Waals surface area contributed by atoms with E-state index in [0.717, 1.165) is 0 Å². The number of hydrogen-bond acceptors (Lipinski definition) is 5. The van der Waals surface area contributed by atoms with Crippen molar-refractivity contribution < 1.29 is 18.0 Å². The van der Waals surface area contributed by atoms with Crippen molar-refractivity contribution in [2.75, 3.05) is 20.6 Å². The summed E-state index contributed by atoms with van der Waals surface area (Å²) in [5.74, 6) is 0.515. The van der Waals surface area contributed by atoms with E-state index in [4.69, 9.17) is 0 Å². The van der Waals surface area contributed by atoms with Crippen LogP contribution >= 0.6 is 0 Å². The molecule has 1 aliphatic heterocycles. The van der Waals surface area contributed by atoms with Crippen LogP contribution in [0.3, 0.4) is 0 Å². The van der Waals surface area contributed by atoms with Crippen molar-refractivity contribution in [2.24, 2.45) is 0 Å². The van der Waals surface area contributed by atoms with Crippen LogP contribution < -0.4 is 0 Å². The van der Waals surface area contributed by atoms with Crippen molar-refractivity contribution in [3.8, 4) is 0 Å². The number of carbonyl (C=O) groups is 1. The lowest BCUT2D eigenvalue weighted by atomic mass is 10.1. The van der Waals surface area contributed by atoms with E-state index in [2.05, 4.69) is 20.4 Å². The largest absolute Gasteiger partial charge is 0.420 e. The Morgan fingerprint density at radius 3 is 2.76 bits per heavy atom. The Hall–Kier alpha value is -2.43. The fraction of sp³-hybridized carbons (Fsp3) is 0.571. The van der Waals surface area contributed by atoms with Crippen LogP contribution in [-0.2, 0) is 19.3 Å². The number of nitrogens with zero attached hydrogens (tertiary/aromatic N) is 6. The Kier molecular flexibility index (Phi) is 4.27. The summed E-state index contributed by atoms with van der Waals surface area (Å²) in [7, 11) is 3.68. The number of rotatable bonds is 3. The van der Waals surface area contributed by atoms with Crippen LogP contribution in [-0.4, -0.2) is 67.4 Å². The van der Waals surface area contributed by atoms with Gasteiger partial charge in [-0.3, -0.25) is 9.89 Å². The van der Waals surface area contributed by atoms with Gasteiger partial charge in [-0.1, -0.05) is 0 Å². The maximum Gasteiger partial charge on any atom is 0.420 e. The van der Waals surface area contributed by atoms with Crippen molar-refractivity contribution >= 4 is 5.91 Å². The zero-order valence-corrected chi connectivity index (χ0v) is 14.0. The predicted octanol–water partition coefficient (Wildman–Crippen LogP) is 0.915. The lowest BCUT2D eigenvalue weighted by molar-refractivity contribution is -0.138. The van der Waals surface area contributed by atoms with E-state index in [0.29, 0.717) is 30.9 Å². The van der Waals surface area contributed by atoms with E-state index in [-0.39, 0.29) is 12.6 Å². The van der Waals surface area contributed by atoms with Gasteiger partial charge in [0, 0.05) is 13.1 Å². The molecule has 8 nitrogen and oxygen atoms in total. The van der Waals surface area contributed by atoms with Crippen molar-refractivity contribution in [1.29, 1.82) is 0 Å². The normalized spacial score (nSPS) is 17.9. The number of alkyl halides is 3. The highest BCUT2D eigenvalue weighted by Crippen LogP contribution is 2.32. The number of aryl methyl sites for hydroxylation is 1. The molecule has 3 rings (SSSR count). The molecule has 1 aliphatic rings. The third kappa shape index (κ3) is 3.23. The van der Waals surface area contributed by atoms with Gasteiger partial charge in [0.15, 0.2) is 5.82 Å². The zero-order chi connectivity index (χ0) is 18.4. The molecular weight excluding hydrogens is 339 g/mol. The number of hydrogen-bond donors (Lipinski definition) is 1. The molecule has 25 heavy (non-hydrogen) atoms. The Labute approximate surface area is 141 Å². The first-order valence-corrected chi connectivity index (χ1v) is 7.63. The van der Waals surface area contributed by atoms with Crippen LogP contribution in [0.5, 0.6) is 0 Å². The quantitative estimate of drug-likeness (QED) is 0.883. The molecule has 2 aromatic heterocycles. The highest BCUT2D eigenvalue weighted by atomic mass is 19.4. The van der Waals surface area contributed by atoms with E-state index in [1.54, 1.807) is 6.92 Å². The minimum atomic E-state index is -4.65. The van der Waals surface area contributed by atoms with E-state index in [9.17, 15) is 18.0 Å². The summed E-state index contributed by atoms with van der Waals surface area (Å²) >= 11 is 0. The van der Waals surface area contributed by atoms with E-state index in [1.165, 1.54) is 4.90 Å². The van der Waals surface area contributed by atoms with E-state index in [1.807, 2.05) is 23.6 Å². The summed E-state index contributed by atoms with van der Waals surface area (Å²) in [5, 5.41) is 13.6. The number of amides is 1. The second-order valence-electron chi connectivity index (χ2n) is 6.28. The van der Waals surface area contributed by atoms with E-state index < -0.39 is 23.3 Å². The highest BCUT2D eigenvalue weighted by Gasteiger charge is 2.40. The van der Waals surface area contributed by atoms with Crippen LogP contribution in [0, 0.1) is 6.92 Å². The second kappa shape index (κ2) is 6.14. The molecular formula is C14H18F3N7O. The number of carbonyl (C=O) groups excluding carboxylic acids is 1. The molecule has 0 aromatic carbocycles. The Balaban J connectivity index is 1.96. The lowest BCUT2D eigenvalue weighted by Gasteiger charge is -2.37. The van der Waals surface area contributed by atoms with Gasteiger partial charge in [0.1, 0.15) is 17.1 Å². The predicted molar refractivity (Wildman–Crippen MR) is 80.6 cm³/mol.